The van der Waals surface area contributed by atoms with Crippen molar-refractivity contribution < 1.29 is 9.53 Å². The van der Waals surface area contributed by atoms with Crippen LogP contribution in [0.15, 0.2) is 54.6 Å². The second-order valence-corrected chi connectivity index (χ2v) is 8.79. The molecule has 0 spiro atoms. The molecule has 5 heteroatoms. The fourth-order valence-electron chi connectivity index (χ4n) is 4.23. The van der Waals surface area contributed by atoms with E-state index in [1.54, 1.807) is 0 Å². The maximum Gasteiger partial charge on any atom is 0.411 e. The number of nitrogens with one attached hydrogen (secondary N) is 1. The molecular formula is C27H39N3O2. The first kappa shape index (κ1) is 24.3. The average molecular weight is 438 g/mol. The number of piperidine rings is 1. The van der Waals surface area contributed by atoms with Crippen molar-refractivity contribution in [2.24, 2.45) is 0 Å². The van der Waals surface area contributed by atoms with Crippen LogP contribution in [0.1, 0.15) is 45.4 Å². The van der Waals surface area contributed by atoms with Gasteiger partial charge in [0.1, 0.15) is 6.10 Å². The van der Waals surface area contributed by atoms with Crippen molar-refractivity contribution in [3.8, 4) is 11.1 Å². The SMILES string of the molecule is CCN(C)CCCCCCN1CCC(OC(=O)Nc2ccccc2-c2ccccc2)CC1. The number of unbranched alkanes of at least 4 members (excludes halogenated alkanes) is 3. The zero-order chi connectivity index (χ0) is 22.6. The highest BCUT2D eigenvalue weighted by Crippen LogP contribution is 2.28. The molecular weight excluding hydrogens is 398 g/mol. The predicted octanol–water partition coefficient (Wildman–Crippen LogP) is 5.88. The van der Waals surface area contributed by atoms with E-state index in [9.17, 15) is 4.79 Å². The van der Waals surface area contributed by atoms with Crippen LogP contribution < -0.4 is 5.32 Å². The van der Waals surface area contributed by atoms with Gasteiger partial charge in [-0.3, -0.25) is 5.32 Å². The molecule has 1 aliphatic rings. The molecule has 32 heavy (non-hydrogen) atoms. The third-order valence-corrected chi connectivity index (χ3v) is 6.36. The molecule has 2 aromatic rings. The van der Waals surface area contributed by atoms with E-state index in [1.165, 1.54) is 32.2 Å². The van der Waals surface area contributed by atoms with Gasteiger partial charge in [-0.05, 0) is 64.0 Å². The third-order valence-electron chi connectivity index (χ3n) is 6.36. The summed E-state index contributed by atoms with van der Waals surface area (Å²) in [5.41, 5.74) is 2.86. The molecule has 1 N–H and O–H groups in total. The Labute approximate surface area is 193 Å². The lowest BCUT2D eigenvalue weighted by molar-refractivity contribution is 0.0584. The van der Waals surface area contributed by atoms with Crippen molar-refractivity contribution in [1.29, 1.82) is 0 Å². The minimum atomic E-state index is -0.358. The van der Waals surface area contributed by atoms with Gasteiger partial charge in [-0.15, -0.1) is 0 Å². The molecule has 1 saturated heterocycles. The third kappa shape index (κ3) is 7.95. The lowest BCUT2D eigenvalue weighted by Crippen LogP contribution is -2.38. The summed E-state index contributed by atoms with van der Waals surface area (Å²) < 4.78 is 5.74. The number of rotatable bonds is 11. The Morgan fingerprint density at radius 1 is 1.00 bits per heavy atom. The van der Waals surface area contributed by atoms with E-state index in [1.807, 2.05) is 54.6 Å². The number of anilines is 1. The summed E-state index contributed by atoms with van der Waals surface area (Å²) in [4.78, 5) is 17.4. The van der Waals surface area contributed by atoms with Gasteiger partial charge in [-0.1, -0.05) is 68.3 Å². The summed E-state index contributed by atoms with van der Waals surface area (Å²) in [6, 6.07) is 18.0. The lowest BCUT2D eigenvalue weighted by Gasteiger charge is -2.31. The Balaban J connectivity index is 1.35. The molecule has 0 unspecified atom stereocenters. The summed E-state index contributed by atoms with van der Waals surface area (Å²) >= 11 is 0. The minimum absolute atomic E-state index is 0.000261. The number of amides is 1. The zero-order valence-corrected chi connectivity index (χ0v) is 19.8. The van der Waals surface area contributed by atoms with Crippen LogP contribution in [0.4, 0.5) is 10.5 Å². The van der Waals surface area contributed by atoms with Gasteiger partial charge in [-0.25, -0.2) is 4.79 Å². The standard InChI is InChI=1S/C27H39N3O2/c1-3-29(2)19-11-4-5-12-20-30-21-17-24(18-22-30)32-27(31)28-26-16-10-9-15-25(26)23-13-7-6-8-14-23/h6-10,13-16,24H,3-5,11-12,17-22H2,1-2H3,(H,28,31). The molecule has 5 nitrogen and oxygen atoms in total. The van der Waals surface area contributed by atoms with Crippen LogP contribution >= 0.6 is 0 Å². The smallest absolute Gasteiger partial charge is 0.411 e. The van der Waals surface area contributed by atoms with Crippen molar-refractivity contribution in [1.82, 2.24) is 9.80 Å². The number of hydrogen-bond acceptors (Lipinski definition) is 4. The molecule has 0 aliphatic carbocycles. The van der Waals surface area contributed by atoms with Gasteiger partial charge in [0.2, 0.25) is 0 Å². The number of likely N-dealkylation sites (tertiary alicyclic amines) is 1. The number of para-hydroxylation sites is 1. The molecule has 1 amide bonds. The van der Waals surface area contributed by atoms with Crippen molar-refractivity contribution >= 4 is 11.8 Å². The fourth-order valence-corrected chi connectivity index (χ4v) is 4.23. The molecule has 0 bridgehead atoms. The Bertz CT molecular complexity index is 804. The van der Waals surface area contributed by atoms with E-state index in [2.05, 4.69) is 29.1 Å². The zero-order valence-electron chi connectivity index (χ0n) is 19.8. The Hall–Kier alpha value is -2.37. The highest BCUT2D eigenvalue weighted by atomic mass is 16.6. The largest absolute Gasteiger partial charge is 0.446 e. The first-order valence-corrected chi connectivity index (χ1v) is 12.2. The fraction of sp³-hybridized carbons (Fsp3) is 0.519. The molecule has 1 fully saturated rings. The molecule has 1 heterocycles. The number of carbonyl (C=O) groups is 1. The predicted molar refractivity (Wildman–Crippen MR) is 133 cm³/mol. The first-order chi connectivity index (χ1) is 15.7. The van der Waals surface area contributed by atoms with Crippen molar-refractivity contribution in [2.75, 3.05) is 45.1 Å². The van der Waals surface area contributed by atoms with Gasteiger partial charge in [0.15, 0.2) is 0 Å². The van der Waals surface area contributed by atoms with Crippen LogP contribution in [0.3, 0.4) is 0 Å². The van der Waals surface area contributed by atoms with Gasteiger partial charge in [0.05, 0.1) is 5.69 Å². The normalized spacial score (nSPS) is 15.1. The average Bonchev–Trinajstić information content (AvgIpc) is 2.83. The van der Waals surface area contributed by atoms with E-state index < -0.39 is 0 Å². The maximum atomic E-state index is 12.5. The molecule has 0 atom stereocenters. The van der Waals surface area contributed by atoms with Crippen molar-refractivity contribution in [2.45, 2.75) is 51.6 Å². The maximum absolute atomic E-state index is 12.5. The monoisotopic (exact) mass is 437 g/mol. The lowest BCUT2D eigenvalue weighted by atomic mass is 10.0. The number of hydrogen-bond donors (Lipinski definition) is 1. The number of benzene rings is 2. The van der Waals surface area contributed by atoms with Crippen LogP contribution in [0.5, 0.6) is 0 Å². The first-order valence-electron chi connectivity index (χ1n) is 12.2. The van der Waals surface area contributed by atoms with Gasteiger partial charge < -0.3 is 14.5 Å². The molecule has 1 aliphatic heterocycles. The summed E-state index contributed by atoms with van der Waals surface area (Å²) in [7, 11) is 2.19. The van der Waals surface area contributed by atoms with Gasteiger partial charge in [0, 0.05) is 18.7 Å². The molecule has 3 rings (SSSR count). The van der Waals surface area contributed by atoms with Gasteiger partial charge >= 0.3 is 6.09 Å². The second-order valence-electron chi connectivity index (χ2n) is 8.79. The quantitative estimate of drug-likeness (QED) is 0.446. The van der Waals surface area contributed by atoms with E-state index in [0.29, 0.717) is 0 Å². The Morgan fingerprint density at radius 3 is 2.44 bits per heavy atom. The number of carbonyl (C=O) groups excluding carboxylic acids is 1. The van der Waals surface area contributed by atoms with Gasteiger partial charge in [-0.2, -0.15) is 0 Å². The van der Waals surface area contributed by atoms with E-state index in [-0.39, 0.29) is 12.2 Å². The van der Waals surface area contributed by atoms with E-state index in [0.717, 1.165) is 55.8 Å². The molecule has 2 aromatic carbocycles. The summed E-state index contributed by atoms with van der Waals surface area (Å²) in [5.74, 6) is 0. The van der Waals surface area contributed by atoms with Crippen molar-refractivity contribution in [3.05, 3.63) is 54.6 Å². The van der Waals surface area contributed by atoms with Crippen LogP contribution in [0, 0.1) is 0 Å². The van der Waals surface area contributed by atoms with Crippen LogP contribution in [-0.2, 0) is 4.74 Å². The minimum Gasteiger partial charge on any atom is -0.446 e. The van der Waals surface area contributed by atoms with Crippen LogP contribution in [-0.4, -0.2) is 61.8 Å². The van der Waals surface area contributed by atoms with E-state index >= 15 is 0 Å². The second kappa shape index (κ2) is 13.2. The number of nitrogens with zero attached hydrogens (tertiary/aromatic N) is 2. The highest BCUT2D eigenvalue weighted by Gasteiger charge is 2.22. The van der Waals surface area contributed by atoms with Crippen LogP contribution in [0.2, 0.25) is 0 Å². The number of ether oxygens (including phenoxy) is 1. The molecule has 0 radical (unpaired) electrons. The summed E-state index contributed by atoms with van der Waals surface area (Å²) in [5, 5.41) is 2.96. The topological polar surface area (TPSA) is 44.8 Å². The van der Waals surface area contributed by atoms with Crippen molar-refractivity contribution in [3.63, 3.8) is 0 Å². The van der Waals surface area contributed by atoms with E-state index in [4.69, 9.17) is 4.74 Å². The molecule has 174 valence electrons. The summed E-state index contributed by atoms with van der Waals surface area (Å²) in [6.45, 7) is 7.73. The summed E-state index contributed by atoms with van der Waals surface area (Å²) in [6.07, 6.45) is 6.64. The Kier molecular flexibility index (Phi) is 10.0. The Morgan fingerprint density at radius 2 is 1.69 bits per heavy atom. The van der Waals surface area contributed by atoms with Crippen LogP contribution in [0.25, 0.3) is 11.1 Å². The van der Waals surface area contributed by atoms with Gasteiger partial charge in [0.25, 0.3) is 0 Å². The molecule has 0 aromatic heterocycles. The molecule has 0 saturated carbocycles. The highest BCUT2D eigenvalue weighted by molar-refractivity contribution is 5.91.